The lowest BCUT2D eigenvalue weighted by molar-refractivity contribution is -0.134. The van der Waals surface area contributed by atoms with Gasteiger partial charge in [-0.05, 0) is 18.6 Å². The number of aryl methyl sites for hydroxylation is 1. The third kappa shape index (κ3) is 2.55. The Morgan fingerprint density at radius 2 is 2.15 bits per heavy atom. The molecule has 0 spiro atoms. The highest BCUT2D eigenvalue weighted by Gasteiger charge is 2.08. The summed E-state index contributed by atoms with van der Waals surface area (Å²) >= 11 is 0. The quantitative estimate of drug-likeness (QED) is 0.586. The van der Waals surface area contributed by atoms with Gasteiger partial charge in [0.1, 0.15) is 5.82 Å². The van der Waals surface area contributed by atoms with Gasteiger partial charge in [-0.2, -0.15) is 0 Å². The molecule has 13 heavy (non-hydrogen) atoms. The summed E-state index contributed by atoms with van der Waals surface area (Å²) < 4.78 is 0. The number of nitrogens with one attached hydrogen (secondary N) is 1. The van der Waals surface area contributed by atoms with E-state index in [-0.39, 0.29) is 0 Å². The Morgan fingerprint density at radius 3 is 2.62 bits per heavy atom. The topological polar surface area (TPSA) is 85.1 Å². The van der Waals surface area contributed by atoms with Crippen molar-refractivity contribution in [3.05, 3.63) is 23.9 Å². The molecule has 0 radical (unpaired) electrons. The normalized spacial score (nSPS) is 9.31. The van der Waals surface area contributed by atoms with E-state index in [9.17, 15) is 9.59 Å². The van der Waals surface area contributed by atoms with Crippen molar-refractivity contribution in [1.29, 1.82) is 0 Å². The number of amides is 2. The maximum Gasteiger partial charge on any atom is 0.314 e. The van der Waals surface area contributed by atoms with E-state index >= 15 is 0 Å². The number of pyridine rings is 1. The minimum absolute atomic E-state index is 0.314. The van der Waals surface area contributed by atoms with Crippen LogP contribution in [0.2, 0.25) is 0 Å². The average Bonchev–Trinajstić information content (AvgIpc) is 2.08. The highest BCUT2D eigenvalue weighted by molar-refractivity contribution is 6.38. The first-order chi connectivity index (χ1) is 6.09. The van der Waals surface area contributed by atoms with Gasteiger partial charge in [-0.3, -0.25) is 9.59 Å². The summed E-state index contributed by atoms with van der Waals surface area (Å²) in [5, 5.41) is 2.24. The highest BCUT2D eigenvalue weighted by Crippen LogP contribution is 2.02. The van der Waals surface area contributed by atoms with E-state index in [0.29, 0.717) is 5.82 Å². The van der Waals surface area contributed by atoms with Crippen LogP contribution in [0.3, 0.4) is 0 Å². The van der Waals surface area contributed by atoms with Crippen molar-refractivity contribution in [1.82, 2.24) is 4.98 Å². The number of carbonyl (C=O) groups is 2. The number of primary amides is 1. The Bertz CT molecular complexity index is 332. The van der Waals surface area contributed by atoms with Crippen molar-refractivity contribution in [2.45, 2.75) is 6.92 Å². The molecule has 1 aromatic heterocycles. The molecule has 5 heteroatoms. The molecule has 5 nitrogen and oxygen atoms in total. The zero-order chi connectivity index (χ0) is 9.84. The molecule has 0 bridgehead atoms. The first kappa shape index (κ1) is 9.18. The van der Waals surface area contributed by atoms with Crippen LogP contribution in [-0.4, -0.2) is 16.8 Å². The summed E-state index contributed by atoms with van der Waals surface area (Å²) in [5.74, 6) is -1.58. The Labute approximate surface area is 75.0 Å². The van der Waals surface area contributed by atoms with Crippen LogP contribution >= 0.6 is 0 Å². The molecule has 0 aliphatic carbocycles. The van der Waals surface area contributed by atoms with E-state index in [4.69, 9.17) is 5.73 Å². The smallest absolute Gasteiger partial charge is 0.314 e. The Kier molecular flexibility index (Phi) is 2.59. The monoisotopic (exact) mass is 179 g/mol. The molecule has 0 unspecified atom stereocenters. The van der Waals surface area contributed by atoms with Crippen molar-refractivity contribution < 1.29 is 9.59 Å². The molecule has 0 atom stereocenters. The number of nitrogens with two attached hydrogens (primary N) is 1. The van der Waals surface area contributed by atoms with Crippen LogP contribution in [0.25, 0.3) is 0 Å². The number of hydrogen-bond acceptors (Lipinski definition) is 3. The lowest BCUT2D eigenvalue weighted by Crippen LogP contribution is -2.29. The fraction of sp³-hybridized carbons (Fsp3) is 0.125. The second kappa shape index (κ2) is 3.66. The van der Waals surface area contributed by atoms with Gasteiger partial charge < -0.3 is 11.1 Å². The molecule has 1 heterocycles. The van der Waals surface area contributed by atoms with Crippen LogP contribution in [0.4, 0.5) is 5.82 Å². The van der Waals surface area contributed by atoms with Crippen molar-refractivity contribution in [2.24, 2.45) is 5.73 Å². The molecule has 2 amide bonds. The molecule has 0 saturated heterocycles. The molecule has 1 aromatic rings. The maximum absolute atomic E-state index is 10.8. The largest absolute Gasteiger partial charge is 0.361 e. The molecule has 0 fully saturated rings. The molecule has 68 valence electrons. The minimum atomic E-state index is -1.03. The second-order valence-corrected chi connectivity index (χ2v) is 2.54. The van der Waals surface area contributed by atoms with E-state index in [2.05, 4.69) is 10.3 Å². The van der Waals surface area contributed by atoms with Crippen molar-refractivity contribution >= 4 is 17.6 Å². The van der Waals surface area contributed by atoms with E-state index in [1.807, 2.05) is 6.92 Å². The van der Waals surface area contributed by atoms with Gasteiger partial charge in [0.2, 0.25) is 0 Å². The number of hydrogen-bond donors (Lipinski definition) is 2. The second-order valence-electron chi connectivity index (χ2n) is 2.54. The highest BCUT2D eigenvalue weighted by atomic mass is 16.2. The molecule has 0 aromatic carbocycles. The third-order valence-electron chi connectivity index (χ3n) is 1.38. The van der Waals surface area contributed by atoms with Crippen LogP contribution in [0, 0.1) is 6.92 Å². The number of aromatic nitrogens is 1. The summed E-state index contributed by atoms with van der Waals surface area (Å²) in [7, 11) is 0. The molecular weight excluding hydrogens is 170 g/mol. The predicted molar refractivity (Wildman–Crippen MR) is 46.8 cm³/mol. The van der Waals surface area contributed by atoms with E-state index in [1.54, 1.807) is 18.3 Å². The van der Waals surface area contributed by atoms with Crippen LogP contribution in [0.1, 0.15) is 5.56 Å². The van der Waals surface area contributed by atoms with Crippen molar-refractivity contribution in [2.75, 3.05) is 5.32 Å². The van der Waals surface area contributed by atoms with E-state index < -0.39 is 11.8 Å². The Hall–Kier alpha value is -1.91. The lowest BCUT2D eigenvalue weighted by atomic mass is 10.3. The summed E-state index contributed by atoms with van der Waals surface area (Å²) in [6.07, 6.45) is 1.58. The third-order valence-corrected chi connectivity index (χ3v) is 1.38. The number of carbonyl (C=O) groups excluding carboxylic acids is 2. The minimum Gasteiger partial charge on any atom is -0.361 e. The molecule has 1 rings (SSSR count). The van der Waals surface area contributed by atoms with Gasteiger partial charge in [0.05, 0.1) is 0 Å². The number of rotatable bonds is 1. The number of nitrogens with zero attached hydrogens (tertiary/aromatic N) is 1. The summed E-state index contributed by atoms with van der Waals surface area (Å²) in [5.41, 5.74) is 5.70. The zero-order valence-corrected chi connectivity index (χ0v) is 7.07. The van der Waals surface area contributed by atoms with Crippen LogP contribution in [-0.2, 0) is 9.59 Å². The SMILES string of the molecule is Cc1ccc(NC(=O)C(N)=O)nc1. The molecule has 0 aliphatic heterocycles. The Morgan fingerprint density at radius 1 is 1.46 bits per heavy atom. The first-order valence-corrected chi connectivity index (χ1v) is 3.63. The van der Waals surface area contributed by atoms with Gasteiger partial charge >= 0.3 is 11.8 Å². The molecular formula is C8H9N3O2. The fourth-order valence-electron chi connectivity index (χ4n) is 0.720. The zero-order valence-electron chi connectivity index (χ0n) is 7.07. The van der Waals surface area contributed by atoms with Gasteiger partial charge in [-0.1, -0.05) is 6.07 Å². The van der Waals surface area contributed by atoms with Gasteiger partial charge in [0.25, 0.3) is 0 Å². The van der Waals surface area contributed by atoms with Crippen molar-refractivity contribution in [3.8, 4) is 0 Å². The molecule has 0 saturated carbocycles. The van der Waals surface area contributed by atoms with Crippen molar-refractivity contribution in [3.63, 3.8) is 0 Å². The van der Waals surface area contributed by atoms with Crippen LogP contribution < -0.4 is 11.1 Å². The van der Waals surface area contributed by atoms with Crippen LogP contribution in [0.5, 0.6) is 0 Å². The number of anilines is 1. The lowest BCUT2D eigenvalue weighted by Gasteiger charge is -2.00. The van der Waals surface area contributed by atoms with Gasteiger partial charge in [0.15, 0.2) is 0 Å². The van der Waals surface area contributed by atoms with Gasteiger partial charge in [-0.25, -0.2) is 4.98 Å². The predicted octanol–water partition coefficient (Wildman–Crippen LogP) is -0.186. The van der Waals surface area contributed by atoms with Crippen LogP contribution in [0.15, 0.2) is 18.3 Å². The summed E-state index contributed by atoms with van der Waals surface area (Å²) in [6, 6.07) is 3.36. The first-order valence-electron chi connectivity index (χ1n) is 3.63. The molecule has 0 aliphatic rings. The fourth-order valence-corrected chi connectivity index (χ4v) is 0.720. The van der Waals surface area contributed by atoms with Gasteiger partial charge in [0, 0.05) is 6.20 Å². The average molecular weight is 179 g/mol. The Balaban J connectivity index is 2.70. The van der Waals surface area contributed by atoms with E-state index in [1.165, 1.54) is 0 Å². The van der Waals surface area contributed by atoms with E-state index in [0.717, 1.165) is 5.56 Å². The standard InChI is InChI=1S/C8H9N3O2/c1-5-2-3-6(10-4-5)11-8(13)7(9)12/h2-4H,1H3,(H2,9,12)(H,10,11,13). The molecule has 3 N–H and O–H groups in total. The summed E-state index contributed by atoms with van der Waals surface area (Å²) in [4.78, 5) is 25.0. The summed E-state index contributed by atoms with van der Waals surface area (Å²) in [6.45, 7) is 1.87. The maximum atomic E-state index is 10.8. The van der Waals surface area contributed by atoms with Gasteiger partial charge in [-0.15, -0.1) is 0 Å².